The van der Waals surface area contributed by atoms with Crippen LogP contribution in [0.2, 0.25) is 5.02 Å². The Morgan fingerprint density at radius 1 is 0.955 bits per heavy atom. The number of anilines is 2. The number of rotatable bonds is 16. The van der Waals surface area contributed by atoms with Gasteiger partial charge in [0.2, 0.25) is 10.0 Å². The van der Waals surface area contributed by atoms with Crippen molar-refractivity contribution in [2.75, 3.05) is 41.7 Å². The standard InChI is InChI=1S/C50H54ClN7O8S/c1-7-67(61,62)56-32-12-16-43(39(25-32)40-30-57(6)46(60)44-38(40)17-20-53-44)65-36-10-8-9-35(26-36)64-24-23-63-34-18-21-58(22-19-34)33-13-15-42(54-29-33)45(59)55-47-49(2,3)48(50(47,4)5)66-37-14-11-31(28-52)41(51)27-37/h8-17,20,25-27,29-30,34,47-48,53,56H,7,18-19,21-24H2,1-6H3,(H,55,59). The maximum absolute atomic E-state index is 13.5. The lowest BCUT2D eigenvalue weighted by atomic mass is 9.49. The van der Waals surface area contributed by atoms with Crippen molar-refractivity contribution in [3.8, 4) is 40.2 Å². The monoisotopic (exact) mass is 947 g/mol. The quantitative estimate of drug-likeness (QED) is 0.0788. The molecule has 17 heteroatoms. The second-order valence-electron chi connectivity index (χ2n) is 18.1. The number of amides is 1. The molecule has 1 saturated carbocycles. The maximum Gasteiger partial charge on any atom is 0.274 e. The molecule has 3 N–H and O–H groups in total. The molecule has 15 nitrogen and oxygen atoms in total. The SMILES string of the molecule is CCS(=O)(=O)Nc1ccc(Oc2cccc(OCCOC3CCN(c4ccc(C(=O)NC5C(C)(C)C(Oc6ccc(C#N)c(Cl)c6)C5(C)C)nc4)CC3)c2)c(-c2cn(C)c(=O)c3[nH]ccc23)c1. The van der Waals surface area contributed by atoms with E-state index in [4.69, 9.17) is 30.5 Å². The molecule has 0 atom stereocenters. The first-order valence-electron chi connectivity index (χ1n) is 22.2. The van der Waals surface area contributed by atoms with Crippen LogP contribution in [-0.4, -0.2) is 79.2 Å². The molecule has 1 aliphatic heterocycles. The molecular weight excluding hydrogens is 894 g/mol. The fourth-order valence-corrected chi connectivity index (χ4v) is 10.4. The fourth-order valence-electron chi connectivity index (χ4n) is 9.55. The highest BCUT2D eigenvalue weighted by molar-refractivity contribution is 7.92. The number of pyridine rings is 2. The normalized spacial score (nSPS) is 17.9. The van der Waals surface area contributed by atoms with Crippen LogP contribution in [0, 0.1) is 22.2 Å². The molecule has 8 rings (SSSR count). The number of hydrogen-bond donors (Lipinski definition) is 3. The van der Waals surface area contributed by atoms with Crippen LogP contribution in [0.15, 0.2) is 102 Å². The summed E-state index contributed by atoms with van der Waals surface area (Å²) in [5.74, 6) is 1.79. The lowest BCUT2D eigenvalue weighted by Crippen LogP contribution is -2.74. The molecule has 0 bridgehead atoms. The van der Waals surface area contributed by atoms with E-state index in [0.717, 1.165) is 31.6 Å². The fraction of sp³-hybridized carbons (Fsp3) is 0.360. The van der Waals surface area contributed by atoms with Gasteiger partial charge in [0.15, 0.2) is 0 Å². The summed E-state index contributed by atoms with van der Waals surface area (Å²) in [6.45, 7) is 12.1. The van der Waals surface area contributed by atoms with Crippen molar-refractivity contribution in [3.05, 3.63) is 124 Å². The van der Waals surface area contributed by atoms with Gasteiger partial charge < -0.3 is 38.7 Å². The molecule has 350 valence electrons. The number of carbonyl (C=O) groups excluding carboxylic acids is 1. The summed E-state index contributed by atoms with van der Waals surface area (Å²) < 4.78 is 54.1. The van der Waals surface area contributed by atoms with Crippen LogP contribution in [-0.2, 0) is 21.8 Å². The summed E-state index contributed by atoms with van der Waals surface area (Å²) in [5, 5.41) is 13.4. The number of hydrogen-bond acceptors (Lipinski definition) is 11. The van der Waals surface area contributed by atoms with Crippen molar-refractivity contribution >= 4 is 49.8 Å². The molecule has 1 saturated heterocycles. The molecule has 1 amide bonds. The summed E-state index contributed by atoms with van der Waals surface area (Å²) >= 11 is 6.25. The molecule has 4 heterocycles. The molecule has 0 unspecified atom stereocenters. The number of piperidine rings is 1. The molecule has 6 aromatic rings. The number of H-pyrrole nitrogens is 1. The number of nitriles is 1. The first kappa shape index (κ1) is 47.0. The van der Waals surface area contributed by atoms with Gasteiger partial charge in [0.1, 0.15) is 53.0 Å². The number of nitrogens with one attached hydrogen (secondary N) is 3. The van der Waals surface area contributed by atoms with E-state index >= 15 is 0 Å². The molecule has 67 heavy (non-hydrogen) atoms. The third-order valence-electron chi connectivity index (χ3n) is 12.8. The van der Waals surface area contributed by atoms with Crippen LogP contribution in [0.3, 0.4) is 0 Å². The van der Waals surface area contributed by atoms with Gasteiger partial charge in [-0.05, 0) is 80.4 Å². The summed E-state index contributed by atoms with van der Waals surface area (Å²) in [4.78, 5) is 36.1. The van der Waals surface area contributed by atoms with Gasteiger partial charge in [-0.3, -0.25) is 14.3 Å². The van der Waals surface area contributed by atoms with E-state index in [9.17, 15) is 23.3 Å². The van der Waals surface area contributed by atoms with Crippen molar-refractivity contribution in [2.45, 2.75) is 65.7 Å². The lowest BCUT2D eigenvalue weighted by Gasteiger charge is -2.63. The van der Waals surface area contributed by atoms with E-state index in [1.807, 2.05) is 24.3 Å². The molecule has 1 aliphatic carbocycles. The molecule has 0 radical (unpaired) electrons. The number of sulfonamides is 1. The minimum Gasteiger partial charge on any atom is -0.491 e. The molecule has 3 aromatic heterocycles. The maximum atomic E-state index is 13.5. The van der Waals surface area contributed by atoms with E-state index in [0.29, 0.717) is 80.2 Å². The third kappa shape index (κ3) is 9.95. The van der Waals surface area contributed by atoms with E-state index in [1.54, 1.807) is 87.2 Å². The van der Waals surface area contributed by atoms with Gasteiger partial charge in [-0.2, -0.15) is 5.26 Å². The van der Waals surface area contributed by atoms with E-state index in [1.165, 1.54) is 4.57 Å². The van der Waals surface area contributed by atoms with Gasteiger partial charge in [-0.1, -0.05) is 45.4 Å². The van der Waals surface area contributed by atoms with Crippen LogP contribution in [0.25, 0.3) is 22.0 Å². The zero-order valence-electron chi connectivity index (χ0n) is 38.3. The minimum atomic E-state index is -3.55. The average Bonchev–Trinajstić information content (AvgIpc) is 3.81. The number of nitrogens with zero attached hydrogens (tertiary/aromatic N) is 4. The van der Waals surface area contributed by atoms with Gasteiger partial charge in [-0.15, -0.1) is 0 Å². The highest BCUT2D eigenvalue weighted by Crippen LogP contribution is 2.55. The Hall–Kier alpha value is -6.54. The van der Waals surface area contributed by atoms with Gasteiger partial charge in [0, 0.05) is 83.7 Å². The number of fused-ring (bicyclic) bond motifs is 1. The van der Waals surface area contributed by atoms with Crippen molar-refractivity contribution in [2.24, 2.45) is 17.9 Å². The summed E-state index contributed by atoms with van der Waals surface area (Å²) in [7, 11) is -1.89. The molecular formula is C50H54ClN7O8S. The Morgan fingerprint density at radius 3 is 2.42 bits per heavy atom. The van der Waals surface area contributed by atoms with Crippen LogP contribution < -0.4 is 34.7 Å². The largest absolute Gasteiger partial charge is 0.491 e. The van der Waals surface area contributed by atoms with Crippen molar-refractivity contribution in [1.82, 2.24) is 19.9 Å². The zero-order chi connectivity index (χ0) is 47.7. The van der Waals surface area contributed by atoms with Gasteiger partial charge in [0.25, 0.3) is 11.5 Å². The number of carbonyl (C=O) groups is 1. The number of ether oxygens (including phenoxy) is 4. The first-order chi connectivity index (χ1) is 32.0. The van der Waals surface area contributed by atoms with Gasteiger partial charge in [-0.25, -0.2) is 13.4 Å². The summed E-state index contributed by atoms with van der Waals surface area (Å²) in [5.41, 5.74) is 2.75. The smallest absolute Gasteiger partial charge is 0.274 e. The number of aryl methyl sites for hydroxylation is 1. The number of aromatic nitrogens is 3. The number of benzene rings is 3. The molecule has 0 spiro atoms. The van der Waals surface area contributed by atoms with E-state index in [2.05, 4.69) is 58.7 Å². The minimum absolute atomic E-state index is 0.0654. The Kier molecular flexibility index (Phi) is 13.3. The van der Waals surface area contributed by atoms with Crippen LogP contribution in [0.1, 0.15) is 63.5 Å². The van der Waals surface area contributed by atoms with E-state index < -0.39 is 20.9 Å². The topological polar surface area (TPSA) is 190 Å². The summed E-state index contributed by atoms with van der Waals surface area (Å²) in [6, 6.07) is 24.7. The predicted octanol–water partition coefficient (Wildman–Crippen LogP) is 8.68. The lowest BCUT2D eigenvalue weighted by molar-refractivity contribution is -0.164. The number of halogens is 1. The number of aromatic amines is 1. The zero-order valence-corrected chi connectivity index (χ0v) is 39.8. The average molecular weight is 949 g/mol. The summed E-state index contributed by atoms with van der Waals surface area (Å²) in [6.07, 6.45) is 6.64. The first-order valence-corrected chi connectivity index (χ1v) is 24.2. The van der Waals surface area contributed by atoms with Crippen LogP contribution in [0.5, 0.6) is 23.0 Å². The van der Waals surface area contributed by atoms with Crippen LogP contribution >= 0.6 is 11.6 Å². The second-order valence-corrected chi connectivity index (χ2v) is 20.5. The molecule has 2 fully saturated rings. The Morgan fingerprint density at radius 2 is 1.72 bits per heavy atom. The second kappa shape index (κ2) is 19.0. The Balaban J connectivity index is 0.816. The third-order valence-corrected chi connectivity index (χ3v) is 14.4. The highest BCUT2D eigenvalue weighted by atomic mass is 35.5. The predicted molar refractivity (Wildman–Crippen MR) is 259 cm³/mol. The highest BCUT2D eigenvalue weighted by Gasteiger charge is 2.64. The van der Waals surface area contributed by atoms with Crippen molar-refractivity contribution < 1.29 is 32.2 Å². The van der Waals surface area contributed by atoms with Gasteiger partial charge in [0.05, 0.1) is 40.9 Å². The van der Waals surface area contributed by atoms with E-state index in [-0.39, 0.29) is 35.5 Å². The Labute approximate surface area is 395 Å². The van der Waals surface area contributed by atoms with Crippen LogP contribution in [0.4, 0.5) is 11.4 Å². The van der Waals surface area contributed by atoms with Crippen molar-refractivity contribution in [1.29, 1.82) is 5.26 Å². The molecule has 2 aliphatic rings. The van der Waals surface area contributed by atoms with Crippen molar-refractivity contribution in [3.63, 3.8) is 0 Å². The van der Waals surface area contributed by atoms with Gasteiger partial charge >= 0.3 is 0 Å². The molecule has 3 aromatic carbocycles. The Bertz CT molecular complexity index is 2990.